The number of nitrogens with zero attached hydrogens (tertiary/aromatic N) is 4. The number of hydrogen-bond donors (Lipinski definition) is 2. The predicted octanol–water partition coefficient (Wildman–Crippen LogP) is 4.44. The first-order valence-electron chi connectivity index (χ1n) is 9.40. The van der Waals surface area contributed by atoms with Crippen LogP contribution in [0.15, 0.2) is 52.9 Å². The van der Waals surface area contributed by atoms with Gasteiger partial charge in [-0.2, -0.15) is 5.10 Å². The van der Waals surface area contributed by atoms with E-state index in [4.69, 9.17) is 11.6 Å². The van der Waals surface area contributed by atoms with Crippen molar-refractivity contribution < 1.29 is 18.4 Å². The lowest BCUT2D eigenvalue weighted by molar-refractivity contribution is 0.318. The van der Waals surface area contributed by atoms with Crippen LogP contribution in [0.2, 0.25) is 5.02 Å². The number of aliphatic imine (C=N–C) groups is 1. The Labute approximate surface area is 180 Å². The first-order valence-corrected chi connectivity index (χ1v) is 9.78. The zero-order chi connectivity index (χ0) is 22.0. The van der Waals surface area contributed by atoms with E-state index in [-0.39, 0.29) is 34.8 Å². The second-order valence-corrected chi connectivity index (χ2v) is 7.35. The van der Waals surface area contributed by atoms with E-state index in [0.29, 0.717) is 30.1 Å². The summed E-state index contributed by atoms with van der Waals surface area (Å²) in [4.78, 5) is 4.41. The van der Waals surface area contributed by atoms with Crippen molar-refractivity contribution in [2.75, 3.05) is 11.9 Å². The van der Waals surface area contributed by atoms with Gasteiger partial charge in [0, 0.05) is 30.8 Å². The number of aromatic nitrogens is 2. The smallest absolute Gasteiger partial charge is 0.182 e. The minimum absolute atomic E-state index is 0.0360. The average Bonchev–Trinajstić information content (AvgIpc) is 3.42. The van der Waals surface area contributed by atoms with Gasteiger partial charge in [0.2, 0.25) is 0 Å². The van der Waals surface area contributed by atoms with Crippen LogP contribution in [0.3, 0.4) is 0 Å². The summed E-state index contributed by atoms with van der Waals surface area (Å²) in [6.45, 7) is 0.930. The van der Waals surface area contributed by atoms with Crippen LogP contribution in [-0.2, 0) is 19.4 Å². The quantitative estimate of drug-likeness (QED) is 0.333. The number of nitrogens with one attached hydrogen (secondary N) is 1. The van der Waals surface area contributed by atoms with E-state index in [1.807, 2.05) is 0 Å². The van der Waals surface area contributed by atoms with E-state index in [1.54, 1.807) is 23.1 Å². The summed E-state index contributed by atoms with van der Waals surface area (Å²) in [7, 11) is 0. The summed E-state index contributed by atoms with van der Waals surface area (Å²) in [5, 5.41) is 19.7. The average molecular weight is 448 g/mol. The van der Waals surface area contributed by atoms with E-state index in [2.05, 4.69) is 20.6 Å². The van der Waals surface area contributed by atoms with Crippen LogP contribution in [0.25, 0.3) is 0 Å². The minimum Gasteiger partial charge on any atom is -0.411 e. The second-order valence-electron chi connectivity index (χ2n) is 6.94. The molecule has 0 fully saturated rings. The van der Waals surface area contributed by atoms with E-state index in [9.17, 15) is 18.4 Å². The molecule has 0 amide bonds. The van der Waals surface area contributed by atoms with Gasteiger partial charge in [-0.1, -0.05) is 22.8 Å². The van der Waals surface area contributed by atoms with Crippen LogP contribution in [0.1, 0.15) is 16.7 Å². The van der Waals surface area contributed by atoms with Crippen LogP contribution < -0.4 is 5.32 Å². The van der Waals surface area contributed by atoms with Crippen molar-refractivity contribution in [3.05, 3.63) is 81.9 Å². The molecule has 1 aliphatic heterocycles. The van der Waals surface area contributed by atoms with E-state index >= 15 is 0 Å². The predicted molar refractivity (Wildman–Crippen MR) is 112 cm³/mol. The molecule has 2 N–H and O–H groups in total. The molecule has 31 heavy (non-hydrogen) atoms. The molecule has 0 atom stereocenters. The number of benzene rings is 2. The third kappa shape index (κ3) is 4.41. The second kappa shape index (κ2) is 8.81. The topological polar surface area (TPSA) is 74.8 Å². The Kier molecular flexibility index (Phi) is 5.94. The fourth-order valence-electron chi connectivity index (χ4n) is 3.43. The van der Waals surface area contributed by atoms with Gasteiger partial charge >= 0.3 is 0 Å². The fraction of sp³-hybridized carbons (Fsp3) is 0.190. The summed E-state index contributed by atoms with van der Waals surface area (Å²) >= 11 is 5.81. The summed E-state index contributed by atoms with van der Waals surface area (Å²) in [6.07, 6.45) is 3.71. The van der Waals surface area contributed by atoms with Gasteiger partial charge in [0.25, 0.3) is 0 Å². The summed E-state index contributed by atoms with van der Waals surface area (Å²) in [5.41, 5.74) is 1.28. The number of rotatable bonds is 6. The van der Waals surface area contributed by atoms with E-state index in [0.717, 1.165) is 6.07 Å². The highest BCUT2D eigenvalue weighted by molar-refractivity contribution is 6.30. The fourth-order valence-corrected chi connectivity index (χ4v) is 3.64. The minimum atomic E-state index is -1.09. The van der Waals surface area contributed by atoms with Crippen molar-refractivity contribution in [2.45, 2.75) is 19.4 Å². The normalized spacial score (nSPS) is 14.7. The molecule has 4 rings (SSSR count). The van der Waals surface area contributed by atoms with Crippen molar-refractivity contribution in [3.8, 4) is 0 Å². The van der Waals surface area contributed by atoms with Crippen LogP contribution >= 0.6 is 11.6 Å². The molecule has 0 unspecified atom stereocenters. The Hall–Kier alpha value is -3.33. The van der Waals surface area contributed by atoms with Gasteiger partial charge in [0.15, 0.2) is 11.6 Å². The molecule has 2 heterocycles. The Balaban J connectivity index is 1.60. The summed E-state index contributed by atoms with van der Waals surface area (Å²) in [5.74, 6) is -2.23. The van der Waals surface area contributed by atoms with Gasteiger partial charge in [0.05, 0.1) is 29.5 Å². The molecular weight excluding hydrogens is 431 g/mol. The maximum atomic E-state index is 14.4. The van der Waals surface area contributed by atoms with Gasteiger partial charge < -0.3 is 10.5 Å². The van der Waals surface area contributed by atoms with Gasteiger partial charge in [0.1, 0.15) is 11.7 Å². The molecule has 1 aliphatic rings. The number of fused-ring (bicyclic) bond motifs is 1. The van der Waals surface area contributed by atoms with Gasteiger partial charge in [-0.15, -0.1) is 0 Å². The molecule has 0 spiro atoms. The van der Waals surface area contributed by atoms with Gasteiger partial charge in [-0.05, 0) is 35.4 Å². The zero-order valence-corrected chi connectivity index (χ0v) is 16.9. The Bertz CT molecular complexity index is 1180. The van der Waals surface area contributed by atoms with Crippen molar-refractivity contribution in [2.24, 2.45) is 10.1 Å². The van der Waals surface area contributed by atoms with Crippen molar-refractivity contribution in [1.82, 2.24) is 9.78 Å². The number of oxime groups is 1. The number of halogens is 4. The highest BCUT2D eigenvalue weighted by atomic mass is 35.5. The highest BCUT2D eigenvalue weighted by Crippen LogP contribution is 2.33. The molecule has 0 saturated carbocycles. The Morgan fingerprint density at radius 2 is 2.06 bits per heavy atom. The van der Waals surface area contributed by atoms with Gasteiger partial charge in [-0.3, -0.25) is 9.67 Å². The van der Waals surface area contributed by atoms with Gasteiger partial charge in [-0.25, -0.2) is 13.2 Å². The molecule has 6 nitrogen and oxygen atoms in total. The highest BCUT2D eigenvalue weighted by Gasteiger charge is 2.28. The molecule has 0 saturated heterocycles. The SMILES string of the molecule is O/N=C(\Cc1ccc(F)c(Cl)c1)c1cc(F)c(F)c2c1CC(=NCCn1cccn1)N2. The number of amidine groups is 1. The van der Waals surface area contributed by atoms with Crippen LogP contribution in [0.4, 0.5) is 18.9 Å². The lowest BCUT2D eigenvalue weighted by Crippen LogP contribution is -2.11. The number of anilines is 1. The van der Waals surface area contributed by atoms with E-state index in [1.165, 1.54) is 18.2 Å². The molecule has 160 valence electrons. The van der Waals surface area contributed by atoms with Crippen molar-refractivity contribution >= 4 is 28.8 Å². The van der Waals surface area contributed by atoms with Crippen molar-refractivity contribution in [1.29, 1.82) is 0 Å². The van der Waals surface area contributed by atoms with Crippen LogP contribution in [0, 0.1) is 17.5 Å². The lowest BCUT2D eigenvalue weighted by atomic mass is 9.95. The third-order valence-electron chi connectivity index (χ3n) is 4.92. The molecule has 3 aromatic rings. The van der Waals surface area contributed by atoms with Crippen LogP contribution in [-0.4, -0.2) is 33.1 Å². The zero-order valence-electron chi connectivity index (χ0n) is 16.1. The summed E-state index contributed by atoms with van der Waals surface area (Å²) in [6, 6.07) is 6.85. The first kappa shape index (κ1) is 20.9. The largest absolute Gasteiger partial charge is 0.411 e. The standard InChI is InChI=1S/C21H17ClF3N5O/c22-15-8-12(2-3-16(15)23)9-18(29-31)13-10-17(24)20(25)21-14(13)11-19(28-21)26-5-7-30-6-1-4-27-30/h1-4,6,8,10,31H,5,7,9,11H2,(H,26,28)/b29-18+. The summed E-state index contributed by atoms with van der Waals surface area (Å²) < 4.78 is 43.8. The van der Waals surface area contributed by atoms with Crippen LogP contribution in [0.5, 0.6) is 0 Å². The molecule has 0 bridgehead atoms. The maximum absolute atomic E-state index is 14.4. The Morgan fingerprint density at radius 1 is 1.23 bits per heavy atom. The van der Waals surface area contributed by atoms with Crippen molar-refractivity contribution in [3.63, 3.8) is 0 Å². The monoisotopic (exact) mass is 447 g/mol. The molecule has 0 aliphatic carbocycles. The molecular formula is C21H17ClF3N5O. The molecule has 10 heteroatoms. The maximum Gasteiger partial charge on any atom is 0.182 e. The third-order valence-corrected chi connectivity index (χ3v) is 5.21. The molecule has 0 radical (unpaired) electrons. The molecule has 1 aromatic heterocycles. The lowest BCUT2D eigenvalue weighted by Gasteiger charge is -2.11. The number of hydrogen-bond acceptors (Lipinski definition) is 4. The van der Waals surface area contributed by atoms with E-state index < -0.39 is 17.5 Å². The Morgan fingerprint density at radius 3 is 2.77 bits per heavy atom. The first-order chi connectivity index (χ1) is 15.0. The molecule has 2 aromatic carbocycles.